The molecule has 0 aliphatic heterocycles. The summed E-state index contributed by atoms with van der Waals surface area (Å²) in [7, 11) is 0. The first-order chi connectivity index (χ1) is 5.77. The molecule has 0 saturated heterocycles. The van der Waals surface area contributed by atoms with Gasteiger partial charge in [0.15, 0.2) is 5.82 Å². The van der Waals surface area contributed by atoms with E-state index >= 15 is 0 Å². The van der Waals surface area contributed by atoms with Gasteiger partial charge >= 0.3 is 0 Å². The van der Waals surface area contributed by atoms with Crippen molar-refractivity contribution < 1.29 is 0 Å². The van der Waals surface area contributed by atoms with Gasteiger partial charge in [0.05, 0.1) is 5.88 Å². The van der Waals surface area contributed by atoms with Gasteiger partial charge in [-0.05, 0) is 16.3 Å². The van der Waals surface area contributed by atoms with E-state index in [0.29, 0.717) is 11.8 Å². The number of rotatable bonds is 4. The topological polar surface area (TPSA) is 43.6 Å². The van der Waals surface area contributed by atoms with Crippen molar-refractivity contribution >= 4 is 11.6 Å². The Morgan fingerprint density at radius 2 is 2.33 bits per heavy atom. The third-order valence-corrected chi connectivity index (χ3v) is 2.15. The van der Waals surface area contributed by atoms with Gasteiger partial charge in [-0.2, -0.15) is 0 Å². The number of nitrogens with zero attached hydrogens (tertiary/aromatic N) is 4. The highest BCUT2D eigenvalue weighted by atomic mass is 35.5. The first-order valence-corrected chi connectivity index (χ1v) is 4.62. The summed E-state index contributed by atoms with van der Waals surface area (Å²) in [5, 5.41) is 11.2. The fourth-order valence-electron chi connectivity index (χ4n) is 0.885. The van der Waals surface area contributed by atoms with Gasteiger partial charge in [0.25, 0.3) is 0 Å². The van der Waals surface area contributed by atoms with Crippen LogP contribution < -0.4 is 0 Å². The molecule has 1 rings (SSSR count). The summed E-state index contributed by atoms with van der Waals surface area (Å²) in [5.41, 5.74) is 0. The number of hydrogen-bond donors (Lipinski definition) is 0. The minimum atomic E-state index is 0.378. The Kier molecular flexibility index (Phi) is 3.47. The molecule has 5 heteroatoms. The van der Waals surface area contributed by atoms with Crippen molar-refractivity contribution in [2.24, 2.45) is 5.92 Å². The summed E-state index contributed by atoms with van der Waals surface area (Å²) in [6.07, 6.45) is 1.13. The SMILES string of the molecule is CCC(C)Cn1nnnc1CCl. The van der Waals surface area contributed by atoms with Crippen LogP contribution in [0.15, 0.2) is 0 Å². The highest BCUT2D eigenvalue weighted by molar-refractivity contribution is 6.16. The van der Waals surface area contributed by atoms with E-state index in [2.05, 4.69) is 29.4 Å². The van der Waals surface area contributed by atoms with Crippen molar-refractivity contribution in [1.82, 2.24) is 20.2 Å². The molecule has 1 atom stereocenters. The molecular formula is C7H13ClN4. The van der Waals surface area contributed by atoms with Crippen LogP contribution in [0.2, 0.25) is 0 Å². The average Bonchev–Trinajstić information content (AvgIpc) is 2.51. The van der Waals surface area contributed by atoms with Gasteiger partial charge in [-0.15, -0.1) is 16.7 Å². The first kappa shape index (κ1) is 9.45. The number of aromatic nitrogens is 4. The van der Waals surface area contributed by atoms with E-state index in [1.54, 1.807) is 4.68 Å². The fourth-order valence-corrected chi connectivity index (χ4v) is 1.08. The number of halogens is 1. The van der Waals surface area contributed by atoms with Crippen LogP contribution in [-0.2, 0) is 12.4 Å². The number of tetrazole rings is 1. The third-order valence-electron chi connectivity index (χ3n) is 1.91. The molecule has 0 aliphatic rings. The normalized spacial score (nSPS) is 13.2. The third kappa shape index (κ3) is 2.17. The van der Waals surface area contributed by atoms with Crippen LogP contribution in [0.4, 0.5) is 0 Å². The maximum atomic E-state index is 5.64. The molecule has 1 aromatic rings. The highest BCUT2D eigenvalue weighted by Gasteiger charge is 2.06. The molecule has 0 fully saturated rings. The largest absolute Gasteiger partial charge is 0.228 e. The lowest BCUT2D eigenvalue weighted by Crippen LogP contribution is -2.11. The second kappa shape index (κ2) is 4.40. The van der Waals surface area contributed by atoms with Crippen molar-refractivity contribution in [3.8, 4) is 0 Å². The molecule has 1 aromatic heterocycles. The van der Waals surface area contributed by atoms with E-state index in [9.17, 15) is 0 Å². The van der Waals surface area contributed by atoms with E-state index in [1.807, 2.05) is 0 Å². The van der Waals surface area contributed by atoms with Gasteiger partial charge in [0.2, 0.25) is 0 Å². The van der Waals surface area contributed by atoms with Crippen molar-refractivity contribution in [1.29, 1.82) is 0 Å². The summed E-state index contributed by atoms with van der Waals surface area (Å²) < 4.78 is 1.77. The summed E-state index contributed by atoms with van der Waals surface area (Å²) in [4.78, 5) is 0. The lowest BCUT2D eigenvalue weighted by molar-refractivity contribution is 0.424. The molecule has 0 spiro atoms. The van der Waals surface area contributed by atoms with Gasteiger partial charge in [0, 0.05) is 6.54 Å². The Hall–Kier alpha value is -0.640. The average molecular weight is 189 g/mol. The van der Waals surface area contributed by atoms with Crippen LogP contribution in [0.1, 0.15) is 26.1 Å². The van der Waals surface area contributed by atoms with Crippen molar-refractivity contribution in [3.05, 3.63) is 5.82 Å². The van der Waals surface area contributed by atoms with E-state index in [1.165, 1.54) is 0 Å². The fraction of sp³-hybridized carbons (Fsp3) is 0.857. The molecule has 1 heterocycles. The highest BCUT2D eigenvalue weighted by Crippen LogP contribution is 2.06. The van der Waals surface area contributed by atoms with Crippen LogP contribution in [0.5, 0.6) is 0 Å². The molecule has 0 N–H and O–H groups in total. The zero-order valence-corrected chi connectivity index (χ0v) is 8.12. The van der Waals surface area contributed by atoms with Crippen LogP contribution >= 0.6 is 11.6 Å². The monoisotopic (exact) mass is 188 g/mol. The molecule has 4 nitrogen and oxygen atoms in total. The molecule has 0 radical (unpaired) electrons. The summed E-state index contributed by atoms with van der Waals surface area (Å²) in [5.74, 6) is 1.72. The molecule has 0 amide bonds. The molecule has 0 saturated carbocycles. The lowest BCUT2D eigenvalue weighted by Gasteiger charge is -2.07. The zero-order chi connectivity index (χ0) is 8.97. The Labute approximate surface area is 76.9 Å². The van der Waals surface area contributed by atoms with Crippen LogP contribution in [-0.4, -0.2) is 20.2 Å². The minimum absolute atomic E-state index is 0.378. The molecule has 12 heavy (non-hydrogen) atoms. The quantitative estimate of drug-likeness (QED) is 0.672. The van der Waals surface area contributed by atoms with Crippen molar-refractivity contribution in [2.75, 3.05) is 0 Å². The number of alkyl halides is 1. The van der Waals surface area contributed by atoms with Gasteiger partial charge in [-0.25, -0.2) is 4.68 Å². The van der Waals surface area contributed by atoms with Gasteiger partial charge in [-0.1, -0.05) is 20.3 Å². The van der Waals surface area contributed by atoms with E-state index in [0.717, 1.165) is 18.8 Å². The van der Waals surface area contributed by atoms with Crippen molar-refractivity contribution in [3.63, 3.8) is 0 Å². The second-order valence-corrected chi connectivity index (χ2v) is 3.19. The predicted octanol–water partition coefficient (Wildman–Crippen LogP) is 1.46. The second-order valence-electron chi connectivity index (χ2n) is 2.92. The Morgan fingerprint density at radius 1 is 1.58 bits per heavy atom. The minimum Gasteiger partial charge on any atom is -0.228 e. The smallest absolute Gasteiger partial charge is 0.166 e. The van der Waals surface area contributed by atoms with Gasteiger partial charge < -0.3 is 0 Å². The van der Waals surface area contributed by atoms with Gasteiger partial charge in [0.1, 0.15) is 0 Å². The van der Waals surface area contributed by atoms with Gasteiger partial charge in [-0.3, -0.25) is 0 Å². The number of hydrogen-bond acceptors (Lipinski definition) is 3. The maximum absolute atomic E-state index is 5.64. The Morgan fingerprint density at radius 3 is 2.92 bits per heavy atom. The molecule has 0 aromatic carbocycles. The van der Waals surface area contributed by atoms with E-state index in [4.69, 9.17) is 11.6 Å². The Bertz CT molecular complexity index is 235. The molecule has 68 valence electrons. The molecule has 1 unspecified atom stereocenters. The van der Waals surface area contributed by atoms with E-state index in [-0.39, 0.29) is 0 Å². The Balaban J connectivity index is 2.61. The first-order valence-electron chi connectivity index (χ1n) is 4.09. The maximum Gasteiger partial charge on any atom is 0.166 e. The summed E-state index contributed by atoms with van der Waals surface area (Å²) in [6.45, 7) is 5.17. The van der Waals surface area contributed by atoms with Crippen molar-refractivity contribution in [2.45, 2.75) is 32.7 Å². The summed E-state index contributed by atoms with van der Waals surface area (Å²) >= 11 is 5.64. The molecule has 0 bridgehead atoms. The van der Waals surface area contributed by atoms with Crippen LogP contribution in [0, 0.1) is 5.92 Å². The lowest BCUT2D eigenvalue weighted by atomic mass is 10.1. The zero-order valence-electron chi connectivity index (χ0n) is 7.37. The standard InChI is InChI=1S/C7H13ClN4/c1-3-6(2)5-12-7(4-8)9-10-11-12/h6H,3-5H2,1-2H3. The van der Waals surface area contributed by atoms with Crippen LogP contribution in [0.3, 0.4) is 0 Å². The van der Waals surface area contributed by atoms with Crippen LogP contribution in [0.25, 0.3) is 0 Å². The van der Waals surface area contributed by atoms with E-state index < -0.39 is 0 Å². The summed E-state index contributed by atoms with van der Waals surface area (Å²) in [6, 6.07) is 0. The molecular weight excluding hydrogens is 176 g/mol. The molecule has 0 aliphatic carbocycles. The predicted molar refractivity (Wildman–Crippen MR) is 46.8 cm³/mol.